The maximum Gasteiger partial charge on any atom is 0.225 e. The fourth-order valence-electron chi connectivity index (χ4n) is 1.36. The van der Waals surface area contributed by atoms with Crippen LogP contribution in [0, 0.1) is 0 Å². The zero-order chi connectivity index (χ0) is 12.3. The molecule has 6 heteroatoms. The summed E-state index contributed by atoms with van der Waals surface area (Å²) in [4.78, 5) is 11.7. The van der Waals surface area contributed by atoms with E-state index >= 15 is 0 Å². The minimum absolute atomic E-state index is 0.435. The van der Waals surface area contributed by atoms with Gasteiger partial charge in [-0.2, -0.15) is 0 Å². The summed E-state index contributed by atoms with van der Waals surface area (Å²) in [7, 11) is 1.95. The minimum atomic E-state index is 0.435. The second kappa shape index (κ2) is 5.67. The van der Waals surface area contributed by atoms with Crippen molar-refractivity contribution in [2.75, 3.05) is 11.9 Å². The first kappa shape index (κ1) is 12.6. The fourth-order valence-corrected chi connectivity index (χ4v) is 2.63. The molecule has 2 aromatic rings. The smallest absolute Gasteiger partial charge is 0.225 e. The molecule has 0 saturated heterocycles. The summed E-state index contributed by atoms with van der Waals surface area (Å²) in [6.07, 6.45) is 3.49. The van der Waals surface area contributed by atoms with E-state index in [1.165, 1.54) is 4.88 Å². The summed E-state index contributed by atoms with van der Waals surface area (Å²) in [5.41, 5.74) is 0.919. The van der Waals surface area contributed by atoms with Crippen molar-refractivity contribution in [1.82, 2.24) is 9.97 Å². The minimum Gasteiger partial charge on any atom is -0.339 e. The number of halogens is 2. The number of rotatable bonds is 4. The Kier molecular flexibility index (Phi) is 4.20. The molecule has 0 unspecified atom stereocenters. The summed E-state index contributed by atoms with van der Waals surface area (Å²) >= 11 is 13.1. The largest absolute Gasteiger partial charge is 0.339 e. The SMILES string of the molecule is CN(Cc1ccc(Cl)s1)c1ncc(CCl)cn1. The van der Waals surface area contributed by atoms with E-state index in [4.69, 9.17) is 23.2 Å². The lowest BCUT2D eigenvalue weighted by atomic mass is 10.4. The van der Waals surface area contributed by atoms with Gasteiger partial charge in [0.05, 0.1) is 16.8 Å². The van der Waals surface area contributed by atoms with Crippen LogP contribution in [0.3, 0.4) is 0 Å². The van der Waals surface area contributed by atoms with Crippen molar-refractivity contribution in [2.45, 2.75) is 12.4 Å². The molecule has 90 valence electrons. The van der Waals surface area contributed by atoms with Crippen molar-refractivity contribution >= 4 is 40.5 Å². The highest BCUT2D eigenvalue weighted by molar-refractivity contribution is 7.16. The van der Waals surface area contributed by atoms with Gasteiger partial charge in [0.2, 0.25) is 5.95 Å². The van der Waals surface area contributed by atoms with E-state index in [9.17, 15) is 0 Å². The first-order valence-electron chi connectivity index (χ1n) is 5.01. The maximum absolute atomic E-state index is 5.88. The van der Waals surface area contributed by atoms with E-state index in [0.717, 1.165) is 16.4 Å². The molecule has 2 heterocycles. The average molecular weight is 288 g/mol. The molecular weight excluding hydrogens is 277 g/mol. The van der Waals surface area contributed by atoms with Crippen molar-refractivity contribution in [3.05, 3.63) is 39.3 Å². The quantitative estimate of drug-likeness (QED) is 0.805. The van der Waals surface area contributed by atoms with Crippen LogP contribution in [-0.4, -0.2) is 17.0 Å². The molecule has 2 aromatic heterocycles. The number of hydrogen-bond donors (Lipinski definition) is 0. The number of anilines is 1. The van der Waals surface area contributed by atoms with Crippen molar-refractivity contribution in [3.8, 4) is 0 Å². The summed E-state index contributed by atoms with van der Waals surface area (Å²) in [5, 5.41) is 0. The first-order valence-corrected chi connectivity index (χ1v) is 6.74. The highest BCUT2D eigenvalue weighted by atomic mass is 35.5. The number of hydrogen-bond acceptors (Lipinski definition) is 4. The zero-order valence-electron chi connectivity index (χ0n) is 9.23. The first-order chi connectivity index (χ1) is 8.19. The second-order valence-corrected chi connectivity index (χ2v) is 5.65. The average Bonchev–Trinajstić information content (AvgIpc) is 2.75. The highest BCUT2D eigenvalue weighted by Crippen LogP contribution is 2.23. The van der Waals surface area contributed by atoms with Gasteiger partial charge in [0, 0.05) is 29.9 Å². The molecule has 0 bridgehead atoms. The molecule has 0 fully saturated rings. The Labute approximate surface area is 114 Å². The van der Waals surface area contributed by atoms with Gasteiger partial charge in [-0.15, -0.1) is 22.9 Å². The predicted molar refractivity (Wildman–Crippen MR) is 73.0 cm³/mol. The van der Waals surface area contributed by atoms with Crippen LogP contribution in [-0.2, 0) is 12.4 Å². The van der Waals surface area contributed by atoms with E-state index in [2.05, 4.69) is 9.97 Å². The van der Waals surface area contributed by atoms with Crippen molar-refractivity contribution in [2.24, 2.45) is 0 Å². The van der Waals surface area contributed by atoms with Gasteiger partial charge in [-0.05, 0) is 12.1 Å². The molecular formula is C11H11Cl2N3S. The number of aromatic nitrogens is 2. The molecule has 0 amide bonds. The summed E-state index contributed by atoms with van der Waals surface area (Å²) < 4.78 is 0.798. The van der Waals surface area contributed by atoms with Crippen LogP contribution >= 0.6 is 34.5 Å². The van der Waals surface area contributed by atoms with E-state index in [0.29, 0.717) is 11.8 Å². The summed E-state index contributed by atoms with van der Waals surface area (Å²) in [6.45, 7) is 0.748. The monoisotopic (exact) mass is 287 g/mol. The van der Waals surface area contributed by atoms with Crippen molar-refractivity contribution in [1.29, 1.82) is 0 Å². The van der Waals surface area contributed by atoms with Crippen LogP contribution in [0.25, 0.3) is 0 Å². The molecule has 0 aliphatic carbocycles. The van der Waals surface area contributed by atoms with Crippen molar-refractivity contribution in [3.63, 3.8) is 0 Å². The summed E-state index contributed by atoms with van der Waals surface area (Å²) in [6, 6.07) is 3.91. The predicted octanol–water partition coefficient (Wildman–Crippen LogP) is 3.57. The van der Waals surface area contributed by atoms with Crippen LogP contribution in [0.1, 0.15) is 10.4 Å². The third kappa shape index (κ3) is 3.31. The van der Waals surface area contributed by atoms with Gasteiger partial charge in [0.25, 0.3) is 0 Å². The van der Waals surface area contributed by atoms with E-state index in [1.54, 1.807) is 23.7 Å². The van der Waals surface area contributed by atoms with Gasteiger partial charge in [-0.3, -0.25) is 0 Å². The van der Waals surface area contributed by atoms with Crippen LogP contribution < -0.4 is 4.90 Å². The lowest BCUT2D eigenvalue weighted by Crippen LogP contribution is -2.18. The second-order valence-electron chi connectivity index (χ2n) is 3.59. The molecule has 0 aliphatic rings. The maximum atomic E-state index is 5.88. The molecule has 0 radical (unpaired) electrons. The molecule has 3 nitrogen and oxygen atoms in total. The van der Waals surface area contributed by atoms with Gasteiger partial charge in [-0.1, -0.05) is 11.6 Å². The highest BCUT2D eigenvalue weighted by Gasteiger charge is 2.06. The molecule has 0 aromatic carbocycles. The number of thiophene rings is 1. The normalized spacial score (nSPS) is 10.5. The van der Waals surface area contributed by atoms with E-state index in [-0.39, 0.29) is 0 Å². The topological polar surface area (TPSA) is 29.0 Å². The van der Waals surface area contributed by atoms with Gasteiger partial charge in [0.1, 0.15) is 0 Å². The van der Waals surface area contributed by atoms with Gasteiger partial charge >= 0.3 is 0 Å². The molecule has 17 heavy (non-hydrogen) atoms. The van der Waals surface area contributed by atoms with Crippen LogP contribution in [0.15, 0.2) is 24.5 Å². The Bertz CT molecular complexity index is 484. The Hall–Kier alpha value is -0.840. The molecule has 0 aliphatic heterocycles. The van der Waals surface area contributed by atoms with Crippen molar-refractivity contribution < 1.29 is 0 Å². The van der Waals surface area contributed by atoms with E-state index < -0.39 is 0 Å². The molecule has 0 spiro atoms. The van der Waals surface area contributed by atoms with Crippen LogP contribution in [0.5, 0.6) is 0 Å². The Morgan fingerprint density at radius 2 is 2.00 bits per heavy atom. The standard InChI is InChI=1S/C11H11Cl2N3S/c1-16(7-9-2-3-10(13)17-9)11-14-5-8(4-12)6-15-11/h2-3,5-6H,4,7H2,1H3. The molecule has 0 atom stereocenters. The van der Waals surface area contributed by atoms with Gasteiger partial charge in [-0.25, -0.2) is 9.97 Å². The molecule has 2 rings (SSSR count). The Balaban J connectivity index is 2.06. The number of nitrogens with zero attached hydrogens (tertiary/aromatic N) is 3. The molecule has 0 N–H and O–H groups in total. The fraction of sp³-hybridized carbons (Fsp3) is 0.273. The molecule has 0 saturated carbocycles. The zero-order valence-corrected chi connectivity index (χ0v) is 11.6. The Morgan fingerprint density at radius 3 is 2.53 bits per heavy atom. The lowest BCUT2D eigenvalue weighted by Gasteiger charge is -2.15. The van der Waals surface area contributed by atoms with Crippen LogP contribution in [0.2, 0.25) is 4.34 Å². The van der Waals surface area contributed by atoms with E-state index in [1.807, 2.05) is 24.1 Å². The van der Waals surface area contributed by atoms with Gasteiger partial charge in [0.15, 0.2) is 0 Å². The lowest BCUT2D eigenvalue weighted by molar-refractivity contribution is 0.874. The Morgan fingerprint density at radius 1 is 1.29 bits per heavy atom. The number of alkyl halides is 1. The summed E-state index contributed by atoms with van der Waals surface area (Å²) in [5.74, 6) is 1.12. The van der Waals surface area contributed by atoms with Crippen LogP contribution in [0.4, 0.5) is 5.95 Å². The van der Waals surface area contributed by atoms with Gasteiger partial charge < -0.3 is 4.90 Å². The third-order valence-corrected chi connectivity index (χ3v) is 3.73. The third-order valence-electron chi connectivity index (χ3n) is 2.21.